The zero-order valence-electron chi connectivity index (χ0n) is 17.3. The molecule has 2 aromatic carbocycles. The van der Waals surface area contributed by atoms with Gasteiger partial charge in [0.05, 0.1) is 6.42 Å². The maximum Gasteiger partial charge on any atom is 0.243 e. The standard InChI is InChI=1S/C23H28Cl2N2O2/c1-5-20(22(29)26-23(2,3)4)27(15-16-10-7-6-8-11-16)21(28)14-17-18(24)12-9-13-19(17)25/h6-13,20H,5,14-15H2,1-4H3,(H,26,29)/t20-/m0/s1. The normalized spacial score (nSPS) is 12.3. The molecule has 0 radical (unpaired) electrons. The van der Waals surface area contributed by atoms with Crippen LogP contribution in [0.25, 0.3) is 0 Å². The Kier molecular flexibility index (Phi) is 8.12. The van der Waals surface area contributed by atoms with Gasteiger partial charge in [0.25, 0.3) is 0 Å². The summed E-state index contributed by atoms with van der Waals surface area (Å²) in [7, 11) is 0. The molecule has 6 heteroatoms. The van der Waals surface area contributed by atoms with Crippen LogP contribution in [-0.4, -0.2) is 28.3 Å². The number of carbonyl (C=O) groups excluding carboxylic acids is 2. The molecule has 0 heterocycles. The topological polar surface area (TPSA) is 49.4 Å². The van der Waals surface area contributed by atoms with Crippen molar-refractivity contribution in [3.8, 4) is 0 Å². The first-order chi connectivity index (χ1) is 13.6. The van der Waals surface area contributed by atoms with Crippen molar-refractivity contribution in [3.05, 3.63) is 69.7 Å². The lowest BCUT2D eigenvalue weighted by atomic mass is 10.0. The highest BCUT2D eigenvalue weighted by atomic mass is 35.5. The minimum atomic E-state index is -0.594. The highest BCUT2D eigenvalue weighted by Gasteiger charge is 2.31. The molecule has 156 valence electrons. The Bertz CT molecular complexity index is 827. The molecule has 1 N–H and O–H groups in total. The Hall–Kier alpha value is -2.04. The maximum absolute atomic E-state index is 13.3. The number of carbonyl (C=O) groups is 2. The molecule has 0 aliphatic rings. The fourth-order valence-electron chi connectivity index (χ4n) is 3.11. The van der Waals surface area contributed by atoms with Gasteiger partial charge >= 0.3 is 0 Å². The molecular weight excluding hydrogens is 407 g/mol. The first-order valence-corrected chi connectivity index (χ1v) is 10.5. The highest BCUT2D eigenvalue weighted by Crippen LogP contribution is 2.26. The van der Waals surface area contributed by atoms with Crippen LogP contribution in [0.1, 0.15) is 45.2 Å². The summed E-state index contributed by atoms with van der Waals surface area (Å²) in [6.45, 7) is 8.00. The Morgan fingerprint density at radius 2 is 1.59 bits per heavy atom. The summed E-state index contributed by atoms with van der Waals surface area (Å²) in [6, 6.07) is 14.2. The van der Waals surface area contributed by atoms with Crippen molar-refractivity contribution in [1.82, 2.24) is 10.2 Å². The van der Waals surface area contributed by atoms with E-state index in [0.717, 1.165) is 5.56 Å². The predicted molar refractivity (Wildman–Crippen MR) is 119 cm³/mol. The minimum Gasteiger partial charge on any atom is -0.350 e. The third-order valence-corrected chi connectivity index (χ3v) is 5.18. The molecule has 2 aromatic rings. The van der Waals surface area contributed by atoms with E-state index in [9.17, 15) is 9.59 Å². The molecule has 0 bridgehead atoms. The summed E-state index contributed by atoms with van der Waals surface area (Å²) in [5, 5.41) is 3.88. The van der Waals surface area contributed by atoms with Crippen molar-refractivity contribution in [2.45, 2.75) is 58.7 Å². The Labute approximate surface area is 183 Å². The van der Waals surface area contributed by atoms with Gasteiger partial charge in [-0.25, -0.2) is 0 Å². The fourth-order valence-corrected chi connectivity index (χ4v) is 3.64. The molecule has 4 nitrogen and oxygen atoms in total. The van der Waals surface area contributed by atoms with Gasteiger partial charge in [0, 0.05) is 22.1 Å². The smallest absolute Gasteiger partial charge is 0.243 e. The van der Waals surface area contributed by atoms with Gasteiger partial charge in [-0.15, -0.1) is 0 Å². The lowest BCUT2D eigenvalue weighted by Crippen LogP contribution is -2.53. The average molecular weight is 435 g/mol. The molecule has 0 unspecified atom stereocenters. The van der Waals surface area contributed by atoms with Crippen LogP contribution in [0.5, 0.6) is 0 Å². The second-order valence-electron chi connectivity index (χ2n) is 8.05. The van der Waals surface area contributed by atoms with Crippen LogP contribution in [0.3, 0.4) is 0 Å². The van der Waals surface area contributed by atoms with Crippen LogP contribution in [0, 0.1) is 0 Å². The fraction of sp³-hybridized carbons (Fsp3) is 0.391. The van der Waals surface area contributed by atoms with Gasteiger partial charge in [-0.1, -0.05) is 66.5 Å². The lowest BCUT2D eigenvalue weighted by Gasteiger charge is -2.33. The predicted octanol–water partition coefficient (Wildman–Crippen LogP) is 5.26. The van der Waals surface area contributed by atoms with Crippen molar-refractivity contribution in [2.75, 3.05) is 0 Å². The SMILES string of the molecule is CC[C@@H](C(=O)NC(C)(C)C)N(Cc1ccccc1)C(=O)Cc1c(Cl)cccc1Cl. The zero-order chi connectivity index (χ0) is 21.6. The largest absolute Gasteiger partial charge is 0.350 e. The molecule has 0 saturated heterocycles. The van der Waals surface area contributed by atoms with Crippen LogP contribution in [-0.2, 0) is 22.6 Å². The van der Waals surface area contributed by atoms with Gasteiger partial charge in [-0.05, 0) is 50.5 Å². The van der Waals surface area contributed by atoms with Crippen LogP contribution in [0.15, 0.2) is 48.5 Å². The molecule has 2 rings (SSSR count). The first-order valence-electron chi connectivity index (χ1n) is 9.70. The zero-order valence-corrected chi connectivity index (χ0v) is 18.8. The number of hydrogen-bond acceptors (Lipinski definition) is 2. The summed E-state index contributed by atoms with van der Waals surface area (Å²) in [5.74, 6) is -0.366. The number of halogens is 2. The van der Waals surface area contributed by atoms with Gasteiger partial charge in [0.2, 0.25) is 11.8 Å². The van der Waals surface area contributed by atoms with Crippen molar-refractivity contribution >= 4 is 35.0 Å². The monoisotopic (exact) mass is 434 g/mol. The summed E-state index contributed by atoms with van der Waals surface area (Å²) in [6.07, 6.45) is 0.529. The maximum atomic E-state index is 13.3. The molecule has 0 spiro atoms. The van der Waals surface area contributed by atoms with Crippen molar-refractivity contribution in [3.63, 3.8) is 0 Å². The number of amides is 2. The number of nitrogens with zero attached hydrogens (tertiary/aromatic N) is 1. The molecule has 1 atom stereocenters. The minimum absolute atomic E-state index is 0.0324. The van der Waals surface area contributed by atoms with Gasteiger partial charge in [0.15, 0.2) is 0 Å². The van der Waals surface area contributed by atoms with Crippen molar-refractivity contribution in [1.29, 1.82) is 0 Å². The van der Waals surface area contributed by atoms with Crippen LogP contribution in [0.2, 0.25) is 10.0 Å². The molecule has 0 fully saturated rings. The quantitative estimate of drug-likeness (QED) is 0.645. The molecule has 0 aliphatic carbocycles. The molecule has 0 saturated carbocycles. The van der Waals surface area contributed by atoms with E-state index >= 15 is 0 Å². The first kappa shape index (κ1) is 23.2. The Balaban J connectivity index is 2.35. The van der Waals surface area contributed by atoms with E-state index in [1.54, 1.807) is 23.1 Å². The van der Waals surface area contributed by atoms with E-state index in [2.05, 4.69) is 5.32 Å². The number of nitrogens with one attached hydrogen (secondary N) is 1. The van der Waals surface area contributed by atoms with E-state index in [0.29, 0.717) is 28.6 Å². The average Bonchev–Trinajstić information content (AvgIpc) is 2.64. The Morgan fingerprint density at radius 3 is 2.10 bits per heavy atom. The van der Waals surface area contributed by atoms with E-state index in [1.807, 2.05) is 58.0 Å². The lowest BCUT2D eigenvalue weighted by molar-refractivity contribution is -0.141. The second-order valence-corrected chi connectivity index (χ2v) is 8.86. The Morgan fingerprint density at radius 1 is 1.00 bits per heavy atom. The van der Waals surface area contributed by atoms with E-state index in [4.69, 9.17) is 23.2 Å². The number of hydrogen-bond donors (Lipinski definition) is 1. The molecule has 2 amide bonds. The van der Waals surface area contributed by atoms with Crippen molar-refractivity contribution < 1.29 is 9.59 Å². The molecular formula is C23H28Cl2N2O2. The third-order valence-electron chi connectivity index (χ3n) is 4.47. The summed E-state index contributed by atoms with van der Waals surface area (Å²) in [5.41, 5.74) is 1.14. The summed E-state index contributed by atoms with van der Waals surface area (Å²) >= 11 is 12.5. The van der Waals surface area contributed by atoms with Crippen molar-refractivity contribution in [2.24, 2.45) is 0 Å². The van der Waals surface area contributed by atoms with Crippen LogP contribution < -0.4 is 5.32 Å². The van der Waals surface area contributed by atoms with Gasteiger partial charge in [-0.3, -0.25) is 9.59 Å². The van der Waals surface area contributed by atoms with Crippen LogP contribution >= 0.6 is 23.2 Å². The summed E-state index contributed by atoms with van der Waals surface area (Å²) in [4.78, 5) is 27.9. The second kappa shape index (κ2) is 10.1. The van der Waals surface area contributed by atoms with Crippen LogP contribution in [0.4, 0.5) is 0 Å². The van der Waals surface area contributed by atoms with Gasteiger partial charge in [-0.2, -0.15) is 0 Å². The molecule has 29 heavy (non-hydrogen) atoms. The summed E-state index contributed by atoms with van der Waals surface area (Å²) < 4.78 is 0. The molecule has 0 aromatic heterocycles. The highest BCUT2D eigenvalue weighted by molar-refractivity contribution is 6.36. The van der Waals surface area contributed by atoms with Gasteiger partial charge < -0.3 is 10.2 Å². The van der Waals surface area contributed by atoms with E-state index in [1.165, 1.54) is 0 Å². The molecule has 0 aliphatic heterocycles. The van der Waals surface area contributed by atoms with E-state index in [-0.39, 0.29) is 18.2 Å². The van der Waals surface area contributed by atoms with E-state index < -0.39 is 11.6 Å². The van der Waals surface area contributed by atoms with Gasteiger partial charge in [0.1, 0.15) is 6.04 Å². The third kappa shape index (κ3) is 6.76. The number of benzene rings is 2. The number of rotatable bonds is 7.